The molecule has 2 amide bonds. The average molecular weight is 842 g/mol. The molecule has 11 nitrogen and oxygen atoms in total. The van der Waals surface area contributed by atoms with Gasteiger partial charge in [-0.2, -0.15) is 17.5 Å². The maximum atomic E-state index is 13.7. The Bertz CT molecular complexity index is 2140. The van der Waals surface area contributed by atoms with E-state index in [4.69, 9.17) is 0 Å². The van der Waals surface area contributed by atoms with Crippen LogP contribution in [0.1, 0.15) is 80.4 Å². The van der Waals surface area contributed by atoms with Crippen molar-refractivity contribution in [3.8, 4) is 0 Å². The monoisotopic (exact) mass is 841 g/mol. The summed E-state index contributed by atoms with van der Waals surface area (Å²) in [4.78, 5) is 48.9. The Hall–Kier alpha value is -2.27. The van der Waals surface area contributed by atoms with Gasteiger partial charge in [0.15, 0.2) is 0 Å². The molecular weight excluding hydrogens is 806 g/mol. The zero-order valence-electron chi connectivity index (χ0n) is 31.0. The predicted molar refractivity (Wildman–Crippen MR) is 189 cm³/mol. The van der Waals surface area contributed by atoms with E-state index in [1.165, 1.54) is 34.6 Å². The summed E-state index contributed by atoms with van der Waals surface area (Å²) in [6, 6.07) is 19.8. The van der Waals surface area contributed by atoms with Crippen molar-refractivity contribution in [3.63, 3.8) is 0 Å². The summed E-state index contributed by atoms with van der Waals surface area (Å²) in [7, 11) is -4.14. The van der Waals surface area contributed by atoms with Crippen molar-refractivity contribution in [1.82, 2.24) is 4.31 Å². The number of amides is 2. The number of carboxylic acids is 2. The number of alkyl halides is 3. The molecule has 17 heteroatoms. The van der Waals surface area contributed by atoms with Crippen molar-refractivity contribution in [2.45, 2.75) is 62.6 Å². The Labute approximate surface area is 407 Å². The van der Waals surface area contributed by atoms with Crippen LogP contribution in [0.15, 0.2) is 95.9 Å². The second kappa shape index (κ2) is 21.1. The van der Waals surface area contributed by atoms with Crippen LogP contribution in [0.25, 0.3) is 0 Å². The fourth-order valence-corrected chi connectivity index (χ4v) is 8.16. The van der Waals surface area contributed by atoms with E-state index in [-0.39, 0.29) is 150 Å². The van der Waals surface area contributed by atoms with E-state index in [0.29, 0.717) is 37.8 Å². The van der Waals surface area contributed by atoms with Gasteiger partial charge >= 0.3 is 109 Å². The summed E-state index contributed by atoms with van der Waals surface area (Å²) >= 11 is 0. The standard InChI is InChI=1S/C39H38F3N3O8S.2K/c1-2-45(31-19-14-27(15-20-31)38(50)51)54(52,53)32-5-3-4-28(22-32)35(46)44-34-21-16-29(39(40,41)42)23-33(34)36(47)43-30-17-10-25(11-18-30)7-6-24-8-12-26(13-9-24)37(48)49;;/h3-5,8-13,16-18,21-23,27,31H,2,6-7,14-15,19-20H2,1H3,(H,43,47)(H,44,46)(H,48,49)(H,50,51);;/q;2*+1/p-2. The summed E-state index contributed by atoms with van der Waals surface area (Å²) < 4.78 is 69.8. The Morgan fingerprint density at radius 3 is 1.88 bits per heavy atom. The van der Waals surface area contributed by atoms with Crippen molar-refractivity contribution < 1.29 is 154 Å². The predicted octanol–water partition coefficient (Wildman–Crippen LogP) is -1.31. The number of nitrogens with zero attached hydrogens (tertiary/aromatic N) is 1. The molecule has 1 aliphatic rings. The number of benzene rings is 4. The first kappa shape index (κ1) is 48.1. The number of aliphatic carboxylic acids is 1. The number of aryl methyl sites for hydroxylation is 2. The molecule has 56 heavy (non-hydrogen) atoms. The summed E-state index contributed by atoms with van der Waals surface area (Å²) in [5.74, 6) is -4.92. The number of sulfonamides is 1. The van der Waals surface area contributed by atoms with Crippen LogP contribution >= 0.6 is 0 Å². The first-order chi connectivity index (χ1) is 25.6. The van der Waals surface area contributed by atoms with Gasteiger partial charge in [0.2, 0.25) is 10.0 Å². The number of carboxylic acid groups (broad SMARTS) is 2. The van der Waals surface area contributed by atoms with Crippen LogP contribution < -0.4 is 124 Å². The average Bonchev–Trinajstić information content (AvgIpc) is 3.14. The summed E-state index contributed by atoms with van der Waals surface area (Å²) in [6.07, 6.45) is -2.47. The van der Waals surface area contributed by atoms with Gasteiger partial charge in [-0.05, 0) is 110 Å². The van der Waals surface area contributed by atoms with E-state index in [2.05, 4.69) is 10.6 Å². The van der Waals surface area contributed by atoms with E-state index in [1.807, 2.05) is 0 Å². The molecule has 0 bridgehead atoms. The van der Waals surface area contributed by atoms with Crippen molar-refractivity contribution in [2.24, 2.45) is 5.92 Å². The summed E-state index contributed by atoms with van der Waals surface area (Å²) in [6.45, 7) is 1.74. The SMILES string of the molecule is CCN(C1CCC(C(=O)[O-])CC1)S(=O)(=O)c1cccc(C(=O)Nc2ccc(C(F)(F)F)cc2C(=O)Nc2ccc(CCc3ccc(C(=O)[O-])cc3)cc2)c1.[K+].[K+]. The van der Waals surface area contributed by atoms with Crippen LogP contribution in [0.5, 0.6) is 0 Å². The molecular formula is C39H36F3K2N3O8S. The number of carbonyl (C=O) groups excluding carboxylic acids is 4. The maximum Gasteiger partial charge on any atom is 1.00 e. The molecule has 0 heterocycles. The number of anilines is 2. The minimum Gasteiger partial charge on any atom is -0.550 e. The fourth-order valence-electron chi connectivity index (χ4n) is 6.42. The molecule has 0 aromatic heterocycles. The molecule has 4 aromatic rings. The molecule has 5 rings (SSSR count). The maximum absolute atomic E-state index is 13.7. The second-order valence-corrected chi connectivity index (χ2v) is 14.8. The normalized spacial score (nSPS) is 15.5. The van der Waals surface area contributed by atoms with Gasteiger partial charge < -0.3 is 30.4 Å². The molecule has 0 spiro atoms. The quantitative estimate of drug-likeness (QED) is 0.156. The first-order valence-electron chi connectivity index (χ1n) is 17.1. The van der Waals surface area contributed by atoms with Gasteiger partial charge in [-0.1, -0.05) is 49.4 Å². The fraction of sp³-hybridized carbons (Fsp3) is 0.282. The number of halogens is 3. The zero-order chi connectivity index (χ0) is 39.2. The molecule has 284 valence electrons. The second-order valence-electron chi connectivity index (χ2n) is 12.9. The van der Waals surface area contributed by atoms with Crippen LogP contribution in [-0.2, 0) is 33.8 Å². The van der Waals surface area contributed by atoms with Gasteiger partial charge in [-0.25, -0.2) is 8.42 Å². The smallest absolute Gasteiger partial charge is 0.550 e. The largest absolute Gasteiger partial charge is 1.00 e. The number of hydrogen-bond donors (Lipinski definition) is 2. The van der Waals surface area contributed by atoms with Crippen molar-refractivity contribution >= 4 is 45.2 Å². The molecule has 2 N–H and O–H groups in total. The molecule has 0 saturated heterocycles. The van der Waals surface area contributed by atoms with Crippen LogP contribution in [0.4, 0.5) is 24.5 Å². The molecule has 1 fully saturated rings. The molecule has 1 saturated carbocycles. The molecule has 0 aliphatic heterocycles. The van der Waals surface area contributed by atoms with E-state index in [0.717, 1.165) is 23.3 Å². The number of nitrogens with one attached hydrogen (secondary N) is 2. The zero-order valence-corrected chi connectivity index (χ0v) is 38.1. The van der Waals surface area contributed by atoms with Crippen molar-refractivity contribution in [3.05, 3.63) is 124 Å². The number of hydrogen-bond acceptors (Lipinski definition) is 8. The molecule has 0 radical (unpaired) electrons. The number of carbonyl (C=O) groups is 4. The number of aromatic carboxylic acids is 1. The molecule has 0 unspecified atom stereocenters. The van der Waals surface area contributed by atoms with Crippen LogP contribution in [0.3, 0.4) is 0 Å². The van der Waals surface area contributed by atoms with Gasteiger partial charge in [0, 0.05) is 29.8 Å². The van der Waals surface area contributed by atoms with Gasteiger partial charge in [-0.15, -0.1) is 0 Å². The van der Waals surface area contributed by atoms with Crippen LogP contribution in [0.2, 0.25) is 0 Å². The topological polar surface area (TPSA) is 176 Å². The van der Waals surface area contributed by atoms with Gasteiger partial charge in [0.1, 0.15) is 0 Å². The van der Waals surface area contributed by atoms with Crippen molar-refractivity contribution in [1.29, 1.82) is 0 Å². The Balaban J connectivity index is 0.00000420. The molecule has 0 atom stereocenters. The van der Waals surface area contributed by atoms with Crippen LogP contribution in [-0.4, -0.2) is 49.1 Å². The summed E-state index contributed by atoms with van der Waals surface area (Å²) in [5, 5.41) is 27.2. The van der Waals surface area contributed by atoms with E-state index >= 15 is 0 Å². The van der Waals surface area contributed by atoms with Gasteiger partial charge in [0.05, 0.1) is 27.7 Å². The Morgan fingerprint density at radius 1 is 0.750 bits per heavy atom. The van der Waals surface area contributed by atoms with Crippen molar-refractivity contribution in [2.75, 3.05) is 17.2 Å². The Morgan fingerprint density at radius 2 is 1.34 bits per heavy atom. The summed E-state index contributed by atoms with van der Waals surface area (Å²) in [5.41, 5.74) is 0.0917. The van der Waals surface area contributed by atoms with Crippen LogP contribution in [0, 0.1) is 5.92 Å². The minimum absolute atomic E-state index is 0. The van der Waals surface area contributed by atoms with E-state index in [9.17, 15) is 51.0 Å². The molecule has 1 aliphatic carbocycles. The molecule has 4 aromatic carbocycles. The van der Waals surface area contributed by atoms with E-state index in [1.54, 1.807) is 43.3 Å². The third-order valence-electron chi connectivity index (χ3n) is 9.40. The Kier molecular flexibility index (Phi) is 18.1. The first-order valence-corrected chi connectivity index (χ1v) is 18.6. The van der Waals surface area contributed by atoms with Gasteiger partial charge in [0.25, 0.3) is 11.8 Å². The van der Waals surface area contributed by atoms with Gasteiger partial charge in [-0.3, -0.25) is 9.59 Å². The number of rotatable bonds is 13. The third kappa shape index (κ3) is 12.4. The third-order valence-corrected chi connectivity index (χ3v) is 11.4. The van der Waals surface area contributed by atoms with E-state index < -0.39 is 63.0 Å². The minimum atomic E-state index is -4.80.